The van der Waals surface area contributed by atoms with Crippen LogP contribution in [0.15, 0.2) is 12.1 Å². The first-order chi connectivity index (χ1) is 8.81. The molecule has 1 aromatic carbocycles. The van der Waals surface area contributed by atoms with E-state index >= 15 is 0 Å². The normalized spacial score (nSPS) is 20.8. The second-order valence-corrected chi connectivity index (χ2v) is 6.79. The Kier molecular flexibility index (Phi) is 4.34. The lowest BCUT2D eigenvalue weighted by atomic mass is 9.63. The van der Waals surface area contributed by atoms with Gasteiger partial charge in [-0.2, -0.15) is 0 Å². The number of rotatable bonds is 3. The SMILES string of the molecule is CC1(C)CCC1COC(=O)c1cc(Cl)cc(Cl)c1Cl. The molecule has 0 aliphatic heterocycles. The largest absolute Gasteiger partial charge is 0.462 e. The van der Waals surface area contributed by atoms with Crippen LogP contribution in [0.1, 0.15) is 37.0 Å². The molecule has 1 aliphatic carbocycles. The molecule has 1 saturated carbocycles. The van der Waals surface area contributed by atoms with Gasteiger partial charge in [0.05, 0.1) is 22.2 Å². The third-order valence-corrected chi connectivity index (χ3v) is 4.89. The van der Waals surface area contributed by atoms with E-state index in [0.717, 1.165) is 6.42 Å². The lowest BCUT2D eigenvalue weighted by molar-refractivity contribution is -0.00579. The van der Waals surface area contributed by atoms with E-state index < -0.39 is 5.97 Å². The van der Waals surface area contributed by atoms with Gasteiger partial charge in [0.15, 0.2) is 0 Å². The average molecular weight is 322 g/mol. The molecule has 0 aromatic heterocycles. The Hall–Kier alpha value is -0.440. The molecule has 5 heteroatoms. The number of ether oxygens (including phenoxy) is 1. The fraction of sp³-hybridized carbons (Fsp3) is 0.500. The van der Waals surface area contributed by atoms with Crippen LogP contribution in [0.4, 0.5) is 0 Å². The summed E-state index contributed by atoms with van der Waals surface area (Å²) in [5, 5.41) is 0.805. The van der Waals surface area contributed by atoms with Crippen LogP contribution in [0.2, 0.25) is 15.1 Å². The Bertz CT molecular complexity index is 512. The highest BCUT2D eigenvalue weighted by molar-refractivity contribution is 6.45. The van der Waals surface area contributed by atoms with Gasteiger partial charge in [-0.15, -0.1) is 0 Å². The van der Waals surface area contributed by atoms with Crippen LogP contribution < -0.4 is 0 Å². The van der Waals surface area contributed by atoms with Crippen LogP contribution in [0.5, 0.6) is 0 Å². The first-order valence-corrected chi connectivity index (χ1v) is 7.26. The highest BCUT2D eigenvalue weighted by Gasteiger charge is 2.39. The minimum atomic E-state index is -0.475. The molecule has 2 rings (SSSR count). The Balaban J connectivity index is 2.04. The summed E-state index contributed by atoms with van der Waals surface area (Å²) in [7, 11) is 0. The second-order valence-electron chi connectivity index (χ2n) is 5.57. The van der Waals surface area contributed by atoms with Crippen molar-refractivity contribution in [2.75, 3.05) is 6.61 Å². The molecule has 2 nitrogen and oxygen atoms in total. The maximum Gasteiger partial charge on any atom is 0.339 e. The van der Waals surface area contributed by atoms with E-state index in [-0.39, 0.29) is 21.0 Å². The van der Waals surface area contributed by atoms with Gasteiger partial charge in [0, 0.05) is 5.02 Å². The third kappa shape index (κ3) is 3.18. The van der Waals surface area contributed by atoms with Gasteiger partial charge >= 0.3 is 5.97 Å². The smallest absolute Gasteiger partial charge is 0.339 e. The van der Waals surface area contributed by atoms with Gasteiger partial charge in [0.1, 0.15) is 0 Å². The summed E-state index contributed by atoms with van der Waals surface area (Å²) in [6.07, 6.45) is 2.25. The van der Waals surface area contributed by atoms with Crippen molar-refractivity contribution in [3.05, 3.63) is 32.8 Å². The molecule has 0 N–H and O–H groups in total. The fourth-order valence-corrected chi connectivity index (χ4v) is 2.87. The molecular weight excluding hydrogens is 307 g/mol. The molecule has 0 heterocycles. The Morgan fingerprint density at radius 3 is 2.58 bits per heavy atom. The summed E-state index contributed by atoms with van der Waals surface area (Å²) in [5.41, 5.74) is 0.465. The van der Waals surface area contributed by atoms with E-state index in [9.17, 15) is 4.79 Å². The lowest BCUT2D eigenvalue weighted by Gasteiger charge is -2.44. The van der Waals surface area contributed by atoms with Gasteiger partial charge in [-0.25, -0.2) is 4.79 Å². The van der Waals surface area contributed by atoms with Gasteiger partial charge in [-0.3, -0.25) is 0 Å². The van der Waals surface area contributed by atoms with Crippen LogP contribution in [0.3, 0.4) is 0 Å². The minimum absolute atomic E-state index is 0.184. The predicted octanol–water partition coefficient (Wildman–Crippen LogP) is 5.24. The van der Waals surface area contributed by atoms with Crippen molar-refractivity contribution in [1.29, 1.82) is 0 Å². The van der Waals surface area contributed by atoms with E-state index in [1.807, 2.05) is 0 Å². The number of esters is 1. The monoisotopic (exact) mass is 320 g/mol. The predicted molar refractivity (Wildman–Crippen MR) is 78.3 cm³/mol. The fourth-order valence-electron chi connectivity index (χ4n) is 2.19. The first-order valence-electron chi connectivity index (χ1n) is 6.13. The second kappa shape index (κ2) is 5.51. The molecule has 0 amide bonds. The summed E-state index contributed by atoms with van der Waals surface area (Å²) in [5.74, 6) is -0.0676. The van der Waals surface area contributed by atoms with E-state index in [2.05, 4.69) is 13.8 Å². The van der Waals surface area contributed by atoms with Crippen molar-refractivity contribution in [2.24, 2.45) is 11.3 Å². The quantitative estimate of drug-likeness (QED) is 0.562. The average Bonchev–Trinajstić information content (AvgIpc) is 2.32. The third-order valence-electron chi connectivity index (χ3n) is 3.87. The Labute approximate surface area is 128 Å². The van der Waals surface area contributed by atoms with Gasteiger partial charge in [0.2, 0.25) is 0 Å². The van der Waals surface area contributed by atoms with E-state index in [4.69, 9.17) is 39.5 Å². The summed E-state index contributed by atoms with van der Waals surface area (Å²) in [6, 6.07) is 2.97. The number of hydrogen-bond acceptors (Lipinski definition) is 2. The highest BCUT2D eigenvalue weighted by atomic mass is 35.5. The van der Waals surface area contributed by atoms with Gasteiger partial charge in [-0.1, -0.05) is 48.7 Å². The minimum Gasteiger partial charge on any atom is -0.462 e. The van der Waals surface area contributed by atoms with Crippen molar-refractivity contribution < 1.29 is 9.53 Å². The summed E-state index contributed by atoms with van der Waals surface area (Å²) in [6.45, 7) is 4.77. The van der Waals surface area contributed by atoms with Gasteiger partial charge in [-0.05, 0) is 36.3 Å². The molecule has 0 saturated heterocycles. The standard InChI is InChI=1S/C14H15Cl3O2/c1-14(2)4-3-8(14)7-19-13(18)10-5-9(15)6-11(16)12(10)17/h5-6,8H,3-4,7H2,1-2H3. The van der Waals surface area contributed by atoms with Crippen molar-refractivity contribution in [2.45, 2.75) is 26.7 Å². The van der Waals surface area contributed by atoms with Crippen molar-refractivity contribution in [3.8, 4) is 0 Å². The zero-order chi connectivity index (χ0) is 14.2. The van der Waals surface area contributed by atoms with Crippen molar-refractivity contribution in [3.63, 3.8) is 0 Å². The Morgan fingerprint density at radius 1 is 1.37 bits per heavy atom. The van der Waals surface area contributed by atoms with Crippen molar-refractivity contribution in [1.82, 2.24) is 0 Å². The summed E-state index contributed by atoms with van der Waals surface area (Å²) >= 11 is 17.7. The molecule has 1 aromatic rings. The number of hydrogen-bond donors (Lipinski definition) is 0. The van der Waals surface area contributed by atoms with Crippen LogP contribution in [-0.2, 0) is 4.74 Å². The number of carbonyl (C=O) groups excluding carboxylic acids is 1. The van der Waals surface area contributed by atoms with Gasteiger partial charge in [0.25, 0.3) is 0 Å². The molecule has 0 bridgehead atoms. The summed E-state index contributed by atoms with van der Waals surface area (Å²) in [4.78, 5) is 12.0. The molecule has 0 radical (unpaired) electrons. The number of halogens is 3. The zero-order valence-corrected chi connectivity index (χ0v) is 13.1. The number of benzene rings is 1. The van der Waals surface area contributed by atoms with Gasteiger partial charge < -0.3 is 4.74 Å². The van der Waals surface area contributed by atoms with E-state index in [0.29, 0.717) is 17.5 Å². The Morgan fingerprint density at radius 2 is 2.05 bits per heavy atom. The molecule has 1 aliphatic rings. The molecule has 0 spiro atoms. The molecule has 1 atom stereocenters. The lowest BCUT2D eigenvalue weighted by Crippen LogP contribution is -2.38. The number of carbonyl (C=O) groups is 1. The maximum absolute atomic E-state index is 12.0. The summed E-state index contributed by atoms with van der Waals surface area (Å²) < 4.78 is 5.32. The molecule has 1 unspecified atom stereocenters. The van der Waals surface area contributed by atoms with E-state index in [1.165, 1.54) is 18.6 Å². The van der Waals surface area contributed by atoms with Crippen LogP contribution in [-0.4, -0.2) is 12.6 Å². The molecule has 104 valence electrons. The van der Waals surface area contributed by atoms with Crippen LogP contribution >= 0.6 is 34.8 Å². The van der Waals surface area contributed by atoms with Crippen molar-refractivity contribution >= 4 is 40.8 Å². The van der Waals surface area contributed by atoms with Crippen LogP contribution in [0.25, 0.3) is 0 Å². The first kappa shape index (κ1) is 15.0. The zero-order valence-electron chi connectivity index (χ0n) is 10.8. The molecule has 19 heavy (non-hydrogen) atoms. The molecular formula is C14H15Cl3O2. The molecule has 1 fully saturated rings. The maximum atomic E-state index is 12.0. The van der Waals surface area contributed by atoms with Crippen LogP contribution in [0, 0.1) is 11.3 Å². The topological polar surface area (TPSA) is 26.3 Å². The van der Waals surface area contributed by atoms with E-state index in [1.54, 1.807) is 0 Å². The highest BCUT2D eigenvalue weighted by Crippen LogP contribution is 2.46.